The summed E-state index contributed by atoms with van der Waals surface area (Å²) in [5.41, 5.74) is 2.38. The number of amides is 1. The molecule has 1 heterocycles. The Morgan fingerprint density at radius 3 is 2.15 bits per heavy atom. The summed E-state index contributed by atoms with van der Waals surface area (Å²) < 4.78 is 54.0. The van der Waals surface area contributed by atoms with Crippen LogP contribution >= 0.6 is 0 Å². The highest BCUT2D eigenvalue weighted by Gasteiger charge is 2.34. The van der Waals surface area contributed by atoms with E-state index in [4.69, 9.17) is 0 Å². The SMILES string of the molecule is Cc1ccc(C)c(C(=O)N2CCN(S(=O)(=O)c3c(F)cccc3F)CC2)c1. The van der Waals surface area contributed by atoms with Gasteiger partial charge in [-0.3, -0.25) is 4.79 Å². The van der Waals surface area contributed by atoms with Crippen LogP contribution in [0.5, 0.6) is 0 Å². The van der Waals surface area contributed by atoms with Gasteiger partial charge in [-0.15, -0.1) is 0 Å². The Labute approximate surface area is 157 Å². The minimum atomic E-state index is -4.31. The van der Waals surface area contributed by atoms with Crippen LogP contribution in [0.1, 0.15) is 21.5 Å². The molecule has 0 aliphatic carbocycles. The number of aryl methyl sites for hydroxylation is 2. The molecule has 8 heteroatoms. The zero-order valence-electron chi connectivity index (χ0n) is 15.1. The Bertz CT molecular complexity index is 964. The van der Waals surface area contributed by atoms with Gasteiger partial charge in [0.2, 0.25) is 10.0 Å². The zero-order valence-corrected chi connectivity index (χ0v) is 15.9. The van der Waals surface area contributed by atoms with Crippen LogP contribution in [0.3, 0.4) is 0 Å². The molecule has 1 saturated heterocycles. The zero-order chi connectivity index (χ0) is 19.8. The highest BCUT2D eigenvalue weighted by Crippen LogP contribution is 2.24. The van der Waals surface area contributed by atoms with E-state index in [1.54, 1.807) is 11.0 Å². The Kier molecular flexibility index (Phi) is 5.30. The Morgan fingerprint density at radius 1 is 0.963 bits per heavy atom. The normalized spacial score (nSPS) is 15.8. The number of halogens is 2. The van der Waals surface area contributed by atoms with E-state index in [1.807, 2.05) is 26.0 Å². The van der Waals surface area contributed by atoms with Gasteiger partial charge in [0, 0.05) is 31.7 Å². The average Bonchev–Trinajstić information content (AvgIpc) is 2.63. The monoisotopic (exact) mass is 394 g/mol. The molecule has 5 nitrogen and oxygen atoms in total. The first-order valence-corrected chi connectivity index (χ1v) is 9.96. The average molecular weight is 394 g/mol. The Morgan fingerprint density at radius 2 is 1.56 bits per heavy atom. The highest BCUT2D eigenvalue weighted by atomic mass is 32.2. The lowest BCUT2D eigenvalue weighted by molar-refractivity contribution is 0.0696. The molecular weight excluding hydrogens is 374 g/mol. The molecule has 1 amide bonds. The van der Waals surface area contributed by atoms with Crippen LogP contribution in [0.25, 0.3) is 0 Å². The number of rotatable bonds is 3. The van der Waals surface area contributed by atoms with E-state index in [9.17, 15) is 22.0 Å². The lowest BCUT2D eigenvalue weighted by Crippen LogP contribution is -2.50. The van der Waals surface area contributed by atoms with Gasteiger partial charge in [0.05, 0.1) is 0 Å². The molecule has 2 aromatic rings. The first-order valence-electron chi connectivity index (χ1n) is 8.52. The van der Waals surface area contributed by atoms with Gasteiger partial charge >= 0.3 is 0 Å². The first-order chi connectivity index (χ1) is 12.7. The summed E-state index contributed by atoms with van der Waals surface area (Å²) in [4.78, 5) is 13.4. The second-order valence-corrected chi connectivity index (χ2v) is 8.44. The fraction of sp³-hybridized carbons (Fsp3) is 0.316. The van der Waals surface area contributed by atoms with Crippen LogP contribution in [0.15, 0.2) is 41.3 Å². The molecule has 0 atom stereocenters. The van der Waals surface area contributed by atoms with Crippen molar-refractivity contribution in [3.05, 3.63) is 64.7 Å². The van der Waals surface area contributed by atoms with E-state index in [2.05, 4.69) is 0 Å². The Hall–Kier alpha value is -2.32. The second kappa shape index (κ2) is 7.36. The lowest BCUT2D eigenvalue weighted by Gasteiger charge is -2.34. The van der Waals surface area contributed by atoms with Crippen molar-refractivity contribution >= 4 is 15.9 Å². The van der Waals surface area contributed by atoms with Crippen LogP contribution in [0, 0.1) is 25.5 Å². The van der Waals surface area contributed by atoms with E-state index in [0.717, 1.165) is 33.6 Å². The van der Waals surface area contributed by atoms with E-state index in [0.29, 0.717) is 5.56 Å². The van der Waals surface area contributed by atoms with Crippen molar-refractivity contribution in [1.82, 2.24) is 9.21 Å². The fourth-order valence-corrected chi connectivity index (χ4v) is 4.66. The topological polar surface area (TPSA) is 57.7 Å². The van der Waals surface area contributed by atoms with Crippen molar-refractivity contribution in [1.29, 1.82) is 0 Å². The summed E-state index contributed by atoms with van der Waals surface area (Å²) >= 11 is 0. The number of nitrogens with zero attached hydrogens (tertiary/aromatic N) is 2. The molecule has 27 heavy (non-hydrogen) atoms. The third kappa shape index (κ3) is 3.72. The molecule has 1 fully saturated rings. The van der Waals surface area contributed by atoms with Crippen molar-refractivity contribution in [2.24, 2.45) is 0 Å². The predicted octanol–water partition coefficient (Wildman–Crippen LogP) is 2.73. The third-order valence-electron chi connectivity index (χ3n) is 4.67. The predicted molar refractivity (Wildman–Crippen MR) is 96.9 cm³/mol. The van der Waals surface area contributed by atoms with Gasteiger partial charge in [-0.1, -0.05) is 23.8 Å². The number of carbonyl (C=O) groups excluding carboxylic acids is 1. The van der Waals surface area contributed by atoms with Gasteiger partial charge in [0.25, 0.3) is 5.91 Å². The van der Waals surface area contributed by atoms with E-state index >= 15 is 0 Å². The second-order valence-electron chi connectivity index (χ2n) is 6.57. The van der Waals surface area contributed by atoms with Gasteiger partial charge in [-0.05, 0) is 37.6 Å². The maximum atomic E-state index is 13.9. The van der Waals surface area contributed by atoms with Crippen molar-refractivity contribution in [2.75, 3.05) is 26.2 Å². The molecule has 0 N–H and O–H groups in total. The van der Waals surface area contributed by atoms with Gasteiger partial charge in [0.15, 0.2) is 4.90 Å². The largest absolute Gasteiger partial charge is 0.336 e. The van der Waals surface area contributed by atoms with Gasteiger partial charge in [-0.25, -0.2) is 17.2 Å². The van der Waals surface area contributed by atoms with Crippen molar-refractivity contribution in [2.45, 2.75) is 18.7 Å². The summed E-state index contributed by atoms with van der Waals surface area (Å²) in [6.07, 6.45) is 0. The van der Waals surface area contributed by atoms with Crippen molar-refractivity contribution in [3.63, 3.8) is 0 Å². The van der Waals surface area contributed by atoms with Crippen LogP contribution < -0.4 is 0 Å². The van der Waals surface area contributed by atoms with Gasteiger partial charge in [-0.2, -0.15) is 4.31 Å². The number of hydrogen-bond acceptors (Lipinski definition) is 3. The minimum Gasteiger partial charge on any atom is -0.336 e. The van der Waals surface area contributed by atoms with Gasteiger partial charge in [0.1, 0.15) is 11.6 Å². The molecule has 0 saturated carbocycles. The number of sulfonamides is 1. The quantitative estimate of drug-likeness (QED) is 0.804. The lowest BCUT2D eigenvalue weighted by atomic mass is 10.0. The van der Waals surface area contributed by atoms with E-state index < -0.39 is 26.6 Å². The maximum Gasteiger partial charge on any atom is 0.254 e. The number of benzene rings is 2. The maximum absolute atomic E-state index is 13.9. The van der Waals surface area contributed by atoms with Crippen LogP contribution in [0.4, 0.5) is 8.78 Å². The molecular formula is C19H20F2N2O3S. The smallest absolute Gasteiger partial charge is 0.254 e. The summed E-state index contributed by atoms with van der Waals surface area (Å²) in [5.74, 6) is -2.42. The third-order valence-corrected chi connectivity index (χ3v) is 6.62. The number of hydrogen-bond donors (Lipinski definition) is 0. The summed E-state index contributed by atoms with van der Waals surface area (Å²) in [7, 11) is -4.31. The molecule has 2 aromatic carbocycles. The molecule has 0 radical (unpaired) electrons. The fourth-order valence-electron chi connectivity index (χ4n) is 3.13. The standard InChI is InChI=1S/C19H20F2N2O3S/c1-13-6-7-14(2)15(12-13)19(24)22-8-10-23(11-9-22)27(25,26)18-16(20)4-3-5-17(18)21/h3-7,12H,8-11H2,1-2H3. The van der Waals surface area contributed by atoms with Crippen LogP contribution in [-0.2, 0) is 10.0 Å². The molecule has 1 aliphatic rings. The molecule has 3 rings (SSSR count). The summed E-state index contributed by atoms with van der Waals surface area (Å²) in [5, 5.41) is 0. The van der Waals surface area contributed by atoms with Crippen molar-refractivity contribution < 1.29 is 22.0 Å². The molecule has 0 aromatic heterocycles. The van der Waals surface area contributed by atoms with Crippen LogP contribution in [-0.4, -0.2) is 49.7 Å². The molecule has 0 spiro atoms. The molecule has 0 unspecified atom stereocenters. The molecule has 0 bridgehead atoms. The first kappa shape index (κ1) is 19.4. The number of piperazine rings is 1. The van der Waals surface area contributed by atoms with Crippen LogP contribution in [0.2, 0.25) is 0 Å². The highest BCUT2D eigenvalue weighted by molar-refractivity contribution is 7.89. The van der Waals surface area contributed by atoms with Crippen molar-refractivity contribution in [3.8, 4) is 0 Å². The van der Waals surface area contributed by atoms with E-state index in [1.165, 1.54) is 0 Å². The summed E-state index contributed by atoms with van der Waals surface area (Å²) in [6.45, 7) is 4.00. The van der Waals surface area contributed by atoms with Gasteiger partial charge < -0.3 is 4.90 Å². The number of carbonyl (C=O) groups is 1. The molecule has 1 aliphatic heterocycles. The summed E-state index contributed by atoms with van der Waals surface area (Å²) in [6, 6.07) is 8.52. The molecule has 144 valence electrons. The van der Waals surface area contributed by atoms with E-state index in [-0.39, 0.29) is 32.1 Å². The minimum absolute atomic E-state index is 0.0211. The Balaban J connectivity index is 1.77.